The van der Waals surface area contributed by atoms with Crippen molar-refractivity contribution in [2.24, 2.45) is 5.73 Å². The third kappa shape index (κ3) is 3.49. The van der Waals surface area contributed by atoms with Crippen LogP contribution in [0.3, 0.4) is 0 Å². The molecule has 2 N–H and O–H groups in total. The second-order valence-corrected chi connectivity index (χ2v) is 6.62. The number of ether oxygens (including phenoxy) is 1. The Morgan fingerprint density at radius 2 is 2.28 bits per heavy atom. The first-order valence-corrected chi connectivity index (χ1v) is 8.53. The quantitative estimate of drug-likeness (QED) is 0.855. The van der Waals surface area contributed by atoms with Crippen molar-refractivity contribution >= 4 is 5.70 Å². The van der Waals surface area contributed by atoms with Gasteiger partial charge in [0, 0.05) is 39.1 Å². The molecule has 4 rings (SSSR count). The Kier molecular flexibility index (Phi) is 4.37. The lowest BCUT2D eigenvalue weighted by Gasteiger charge is -2.33. The molecule has 0 amide bonds. The van der Waals surface area contributed by atoms with E-state index in [4.69, 9.17) is 10.5 Å². The molecule has 4 heterocycles. The van der Waals surface area contributed by atoms with E-state index >= 15 is 0 Å². The Balaban J connectivity index is 1.43. The predicted octanol–water partition coefficient (Wildman–Crippen LogP) is 0.277. The Morgan fingerprint density at radius 1 is 1.36 bits per heavy atom. The zero-order valence-electron chi connectivity index (χ0n) is 14.4. The molecule has 1 fully saturated rings. The molecule has 1 unspecified atom stereocenters. The Morgan fingerprint density at radius 3 is 3.12 bits per heavy atom. The number of morpholine rings is 1. The van der Waals surface area contributed by atoms with Gasteiger partial charge in [0.1, 0.15) is 5.69 Å². The van der Waals surface area contributed by atoms with Gasteiger partial charge in [-0.3, -0.25) is 9.88 Å². The average Bonchev–Trinajstić information content (AvgIpc) is 2.99. The van der Waals surface area contributed by atoms with E-state index in [-0.39, 0.29) is 6.10 Å². The Labute approximate surface area is 146 Å². The molecule has 2 aromatic rings. The van der Waals surface area contributed by atoms with Crippen LogP contribution in [0.1, 0.15) is 17.1 Å². The molecule has 2 aromatic heterocycles. The maximum atomic E-state index is 6.05. The van der Waals surface area contributed by atoms with Gasteiger partial charge in [-0.2, -0.15) is 0 Å². The highest BCUT2D eigenvalue weighted by Gasteiger charge is 2.25. The van der Waals surface area contributed by atoms with E-state index in [1.807, 2.05) is 41.2 Å². The molecule has 0 aromatic carbocycles. The molecule has 25 heavy (non-hydrogen) atoms. The topological polar surface area (TPSA) is 85.3 Å². The van der Waals surface area contributed by atoms with Crippen molar-refractivity contribution in [2.45, 2.75) is 25.7 Å². The highest BCUT2D eigenvalue weighted by Crippen LogP contribution is 2.21. The van der Waals surface area contributed by atoms with E-state index in [1.54, 1.807) is 0 Å². The van der Waals surface area contributed by atoms with Gasteiger partial charge in [0.25, 0.3) is 0 Å². The fourth-order valence-corrected chi connectivity index (χ4v) is 3.39. The summed E-state index contributed by atoms with van der Waals surface area (Å²) in [6.07, 6.45) is 3.82. The van der Waals surface area contributed by atoms with Crippen molar-refractivity contribution in [3.05, 3.63) is 47.7 Å². The van der Waals surface area contributed by atoms with Crippen LogP contribution in [0.25, 0.3) is 5.70 Å². The minimum atomic E-state index is 0.0840. The third-order valence-electron chi connectivity index (χ3n) is 4.58. The molecule has 0 saturated carbocycles. The van der Waals surface area contributed by atoms with Crippen LogP contribution < -0.4 is 5.73 Å². The number of fused-ring (bicyclic) bond motifs is 1. The number of hydrogen-bond donors (Lipinski definition) is 1. The van der Waals surface area contributed by atoms with Crippen molar-refractivity contribution in [1.29, 1.82) is 0 Å². The van der Waals surface area contributed by atoms with E-state index in [0.29, 0.717) is 12.2 Å². The Hall–Kier alpha value is -2.45. The lowest BCUT2D eigenvalue weighted by Crippen LogP contribution is -2.44. The smallest absolute Gasteiger partial charge is 0.135 e. The van der Waals surface area contributed by atoms with Crippen molar-refractivity contribution in [3.63, 3.8) is 0 Å². The van der Waals surface area contributed by atoms with Gasteiger partial charge in [-0.25, -0.2) is 4.68 Å². The van der Waals surface area contributed by atoms with Crippen LogP contribution in [0.5, 0.6) is 0 Å². The molecule has 0 radical (unpaired) electrons. The summed E-state index contributed by atoms with van der Waals surface area (Å²) in [6, 6.07) is 6.02. The number of nitrogens with zero attached hydrogens (tertiary/aromatic N) is 6. The summed E-state index contributed by atoms with van der Waals surface area (Å²) in [4.78, 5) is 8.84. The summed E-state index contributed by atoms with van der Waals surface area (Å²) >= 11 is 0. The summed E-state index contributed by atoms with van der Waals surface area (Å²) in [6.45, 7) is 4.77. The fourth-order valence-electron chi connectivity index (χ4n) is 3.39. The van der Waals surface area contributed by atoms with E-state index in [9.17, 15) is 0 Å². The van der Waals surface area contributed by atoms with Gasteiger partial charge < -0.3 is 15.4 Å². The van der Waals surface area contributed by atoms with Crippen LogP contribution in [-0.2, 0) is 24.4 Å². The molecule has 8 heteroatoms. The minimum Gasteiger partial charge on any atom is -0.396 e. The van der Waals surface area contributed by atoms with E-state index < -0.39 is 0 Å². The molecule has 0 bridgehead atoms. The average molecular weight is 341 g/mol. The molecule has 2 aliphatic heterocycles. The van der Waals surface area contributed by atoms with Gasteiger partial charge in [-0.1, -0.05) is 11.3 Å². The number of rotatable bonds is 4. The second kappa shape index (κ2) is 6.81. The van der Waals surface area contributed by atoms with E-state index in [2.05, 4.69) is 26.3 Å². The molecule has 8 nitrogen and oxygen atoms in total. The van der Waals surface area contributed by atoms with Crippen LogP contribution in [0, 0.1) is 0 Å². The summed E-state index contributed by atoms with van der Waals surface area (Å²) in [5.41, 5.74) is 9.64. The molecular weight excluding hydrogens is 318 g/mol. The van der Waals surface area contributed by atoms with Crippen LogP contribution >= 0.6 is 0 Å². The van der Waals surface area contributed by atoms with Crippen LogP contribution in [-0.4, -0.2) is 62.6 Å². The van der Waals surface area contributed by atoms with Crippen LogP contribution in [0.4, 0.5) is 0 Å². The SMILES string of the molecule is CN1C=C(N)c2nnn(CC3CN(Cc4ccccn4)CCO3)c2C1. The first-order valence-electron chi connectivity index (χ1n) is 8.53. The number of nitrogens with two attached hydrogens (primary N) is 1. The third-order valence-corrected chi connectivity index (χ3v) is 4.58. The van der Waals surface area contributed by atoms with E-state index in [0.717, 1.165) is 49.9 Å². The summed E-state index contributed by atoms with van der Waals surface area (Å²) in [5, 5.41) is 8.53. The summed E-state index contributed by atoms with van der Waals surface area (Å²) < 4.78 is 7.88. The first-order chi connectivity index (χ1) is 12.2. The second-order valence-electron chi connectivity index (χ2n) is 6.62. The maximum absolute atomic E-state index is 6.05. The van der Waals surface area contributed by atoms with Gasteiger partial charge in [-0.15, -0.1) is 5.10 Å². The van der Waals surface area contributed by atoms with Gasteiger partial charge in [-0.05, 0) is 12.1 Å². The molecule has 0 spiro atoms. The number of hydrogen-bond acceptors (Lipinski definition) is 7. The zero-order valence-corrected chi connectivity index (χ0v) is 14.4. The van der Waals surface area contributed by atoms with E-state index in [1.165, 1.54) is 0 Å². The standard InChI is InChI=1S/C17H23N7O/c1-22-11-15(18)17-16(12-22)24(21-20-17)10-14-9-23(6-7-25-14)8-13-4-2-3-5-19-13/h2-5,11,14H,6-10,12,18H2,1H3. The van der Waals surface area contributed by atoms with Crippen molar-refractivity contribution in [1.82, 2.24) is 29.8 Å². The predicted molar refractivity (Wildman–Crippen MR) is 92.9 cm³/mol. The molecule has 0 aliphatic carbocycles. The zero-order chi connectivity index (χ0) is 17.2. The molecule has 1 atom stereocenters. The maximum Gasteiger partial charge on any atom is 0.135 e. The molecular formula is C17H23N7O. The largest absolute Gasteiger partial charge is 0.396 e. The van der Waals surface area contributed by atoms with Crippen molar-refractivity contribution in [3.8, 4) is 0 Å². The fraction of sp³-hybridized carbons (Fsp3) is 0.471. The van der Waals surface area contributed by atoms with Crippen LogP contribution in [0.15, 0.2) is 30.6 Å². The van der Waals surface area contributed by atoms with Gasteiger partial charge in [0.05, 0.1) is 42.9 Å². The number of aromatic nitrogens is 4. The molecule has 2 aliphatic rings. The number of pyridine rings is 1. The lowest BCUT2D eigenvalue weighted by atomic mass is 10.2. The Bertz CT molecular complexity index is 758. The lowest BCUT2D eigenvalue weighted by molar-refractivity contribution is -0.0412. The normalized spacial score (nSPS) is 21.1. The first kappa shape index (κ1) is 16.0. The van der Waals surface area contributed by atoms with Gasteiger partial charge in [0.15, 0.2) is 0 Å². The summed E-state index contributed by atoms with van der Waals surface area (Å²) in [7, 11) is 2.00. The van der Waals surface area contributed by atoms with Gasteiger partial charge >= 0.3 is 0 Å². The highest BCUT2D eigenvalue weighted by molar-refractivity contribution is 5.62. The molecule has 1 saturated heterocycles. The minimum absolute atomic E-state index is 0.0840. The van der Waals surface area contributed by atoms with Crippen molar-refractivity contribution < 1.29 is 4.74 Å². The highest BCUT2D eigenvalue weighted by atomic mass is 16.5. The van der Waals surface area contributed by atoms with Gasteiger partial charge in [0.2, 0.25) is 0 Å². The molecule has 132 valence electrons. The van der Waals surface area contributed by atoms with Crippen molar-refractivity contribution in [2.75, 3.05) is 26.7 Å². The van der Waals surface area contributed by atoms with Crippen LogP contribution in [0.2, 0.25) is 0 Å². The summed E-state index contributed by atoms with van der Waals surface area (Å²) in [5.74, 6) is 0. The monoisotopic (exact) mass is 341 g/mol.